The molecule has 0 unspecified atom stereocenters. The molecule has 0 saturated carbocycles. The van der Waals surface area contributed by atoms with E-state index in [1.807, 2.05) is 0 Å². The molecule has 0 aromatic rings. The summed E-state index contributed by atoms with van der Waals surface area (Å²) in [6, 6.07) is -0.630. The van der Waals surface area contributed by atoms with Gasteiger partial charge >= 0.3 is 5.97 Å². The molecular formula is C11H10Cl3IN2O4S. The highest BCUT2D eigenvalue weighted by molar-refractivity contribution is 14.1. The summed E-state index contributed by atoms with van der Waals surface area (Å²) in [4.78, 5) is 36.3. The third-order valence-electron chi connectivity index (χ3n) is 3.02. The van der Waals surface area contributed by atoms with E-state index in [1.54, 1.807) is 0 Å². The fourth-order valence-electron chi connectivity index (χ4n) is 2.08. The zero-order chi connectivity index (χ0) is 16.5. The molecule has 2 heterocycles. The number of β-lactam (4-membered cyclic amide) rings is 1. The number of hydrogen-bond acceptors (Lipinski definition) is 5. The molecule has 1 saturated heterocycles. The fraction of sp³-hybridized carbons (Fsp3) is 0.545. The Hall–Kier alpha value is 0.100. The van der Waals surface area contributed by atoms with Crippen LogP contribution >= 0.6 is 69.2 Å². The number of alkyl halides is 4. The van der Waals surface area contributed by atoms with E-state index in [9.17, 15) is 14.4 Å². The highest BCUT2D eigenvalue weighted by Crippen LogP contribution is 2.41. The van der Waals surface area contributed by atoms with Crippen molar-refractivity contribution in [3.05, 3.63) is 11.3 Å². The first kappa shape index (κ1) is 18.4. The minimum absolute atomic E-state index is 0.182. The molecule has 11 heteroatoms. The van der Waals surface area contributed by atoms with E-state index in [2.05, 4.69) is 27.9 Å². The Bertz CT molecular complexity index is 540. The normalized spacial score (nSPS) is 24.5. The number of thioether (sulfide) groups is 1. The minimum Gasteiger partial charge on any atom is -0.456 e. The van der Waals surface area contributed by atoms with Crippen molar-refractivity contribution in [2.24, 2.45) is 0 Å². The Morgan fingerprint density at radius 2 is 2.23 bits per heavy atom. The third kappa shape index (κ3) is 3.77. The molecule has 0 radical (unpaired) electrons. The summed E-state index contributed by atoms with van der Waals surface area (Å²) in [6.07, 6.45) is 0.471. The number of carbonyl (C=O) groups is 3. The van der Waals surface area contributed by atoms with Crippen LogP contribution in [-0.2, 0) is 19.1 Å². The zero-order valence-electron chi connectivity index (χ0n) is 10.9. The van der Waals surface area contributed by atoms with Gasteiger partial charge in [0.2, 0.25) is 10.2 Å². The van der Waals surface area contributed by atoms with E-state index in [0.717, 1.165) is 5.57 Å². The van der Waals surface area contributed by atoms with Gasteiger partial charge in [-0.1, -0.05) is 57.4 Å². The van der Waals surface area contributed by atoms with Gasteiger partial charge in [0, 0.05) is 10.2 Å². The fourth-order valence-corrected chi connectivity index (χ4v) is 4.60. The summed E-state index contributed by atoms with van der Waals surface area (Å²) in [7, 11) is 0. The second kappa shape index (κ2) is 7.33. The standard InChI is InChI=1S/C11H10Cl3IN2O4S/c12-11(13,14)3-21-10(20)7-5(1-15)2-22-9-6(16-4-18)8(19)17(7)9/h4,6,9H,1-3H2,(H,16,18)/t6-,9+/m1/s1. The monoisotopic (exact) mass is 498 g/mol. The molecule has 2 atom stereocenters. The highest BCUT2D eigenvalue weighted by atomic mass is 127. The SMILES string of the molecule is O=CN[C@@H]1C(=O)N2C(C(=O)OCC(Cl)(Cl)Cl)=C(CI)CS[C@@H]12. The van der Waals surface area contributed by atoms with Crippen LogP contribution < -0.4 is 5.32 Å². The van der Waals surface area contributed by atoms with Crippen molar-refractivity contribution < 1.29 is 19.1 Å². The average Bonchev–Trinajstić information content (AvgIpc) is 2.47. The van der Waals surface area contributed by atoms with Crippen LogP contribution in [0.1, 0.15) is 0 Å². The minimum atomic E-state index is -1.72. The van der Waals surface area contributed by atoms with Gasteiger partial charge in [-0.05, 0) is 5.57 Å². The first-order valence-corrected chi connectivity index (χ1v) is 9.67. The molecule has 2 aliphatic rings. The number of rotatable bonds is 5. The Balaban J connectivity index is 2.19. The van der Waals surface area contributed by atoms with Crippen molar-refractivity contribution in [3.8, 4) is 0 Å². The molecule has 0 bridgehead atoms. The number of halogens is 4. The van der Waals surface area contributed by atoms with E-state index in [4.69, 9.17) is 39.5 Å². The highest BCUT2D eigenvalue weighted by Gasteiger charge is 2.53. The van der Waals surface area contributed by atoms with Gasteiger partial charge < -0.3 is 10.1 Å². The van der Waals surface area contributed by atoms with Gasteiger partial charge in [-0.2, -0.15) is 0 Å². The molecule has 1 N–H and O–H groups in total. The van der Waals surface area contributed by atoms with Gasteiger partial charge in [-0.15, -0.1) is 11.8 Å². The molecule has 2 amide bonds. The Morgan fingerprint density at radius 3 is 2.77 bits per heavy atom. The predicted octanol–water partition coefficient (Wildman–Crippen LogP) is 1.62. The molecule has 22 heavy (non-hydrogen) atoms. The molecule has 0 aliphatic carbocycles. The van der Waals surface area contributed by atoms with Crippen molar-refractivity contribution in [3.63, 3.8) is 0 Å². The summed E-state index contributed by atoms with van der Waals surface area (Å²) in [5, 5.41) is 2.13. The first-order chi connectivity index (χ1) is 10.3. The van der Waals surface area contributed by atoms with E-state index < -0.39 is 22.4 Å². The second-order valence-corrected chi connectivity index (χ2v) is 8.83. The number of amides is 2. The number of nitrogens with one attached hydrogen (secondary N) is 1. The summed E-state index contributed by atoms with van der Waals surface area (Å²) in [6.45, 7) is -0.412. The lowest BCUT2D eigenvalue weighted by Crippen LogP contribution is -2.69. The van der Waals surface area contributed by atoms with Crippen LogP contribution in [0.25, 0.3) is 0 Å². The van der Waals surface area contributed by atoms with Gasteiger partial charge in [0.1, 0.15) is 23.7 Å². The quantitative estimate of drug-likeness (QED) is 0.205. The lowest BCUT2D eigenvalue weighted by molar-refractivity contribution is -0.152. The van der Waals surface area contributed by atoms with Crippen molar-refractivity contribution in [2.75, 3.05) is 16.8 Å². The zero-order valence-corrected chi connectivity index (χ0v) is 16.1. The van der Waals surface area contributed by atoms with Gasteiger partial charge in [-0.25, -0.2) is 4.79 Å². The molecule has 0 aromatic carbocycles. The summed E-state index contributed by atoms with van der Waals surface area (Å²) >= 11 is 20.3. The van der Waals surface area contributed by atoms with E-state index >= 15 is 0 Å². The van der Waals surface area contributed by atoms with E-state index in [1.165, 1.54) is 16.7 Å². The molecule has 6 nitrogen and oxygen atoms in total. The van der Waals surface area contributed by atoms with Crippen molar-refractivity contribution in [1.29, 1.82) is 0 Å². The summed E-state index contributed by atoms with van der Waals surface area (Å²) in [5.41, 5.74) is 0.954. The molecule has 2 aliphatic heterocycles. The van der Waals surface area contributed by atoms with E-state index in [-0.39, 0.29) is 17.0 Å². The Morgan fingerprint density at radius 1 is 1.55 bits per heavy atom. The van der Waals surface area contributed by atoms with Crippen LogP contribution in [0.5, 0.6) is 0 Å². The van der Waals surface area contributed by atoms with Crippen LogP contribution in [0.3, 0.4) is 0 Å². The lowest BCUT2D eigenvalue weighted by atomic mass is 10.0. The van der Waals surface area contributed by atoms with Crippen molar-refractivity contribution in [1.82, 2.24) is 10.2 Å². The number of hydrogen-bond donors (Lipinski definition) is 1. The third-order valence-corrected chi connectivity index (χ3v) is 5.60. The van der Waals surface area contributed by atoms with Crippen LogP contribution in [0.15, 0.2) is 11.3 Å². The topological polar surface area (TPSA) is 75.7 Å². The molecule has 122 valence electrons. The summed E-state index contributed by atoms with van der Waals surface area (Å²) < 4.78 is 3.83. The maximum Gasteiger partial charge on any atom is 0.355 e. The number of fused-ring (bicyclic) bond motifs is 1. The maximum absolute atomic E-state index is 12.3. The van der Waals surface area contributed by atoms with Crippen molar-refractivity contribution >= 4 is 87.4 Å². The van der Waals surface area contributed by atoms with Crippen LogP contribution in [-0.4, -0.2) is 55.2 Å². The predicted molar refractivity (Wildman–Crippen MR) is 93.2 cm³/mol. The molecule has 1 fully saturated rings. The number of nitrogens with zero attached hydrogens (tertiary/aromatic N) is 1. The number of carbonyl (C=O) groups excluding carboxylic acids is 3. The van der Waals surface area contributed by atoms with Gasteiger partial charge in [0.15, 0.2) is 0 Å². The number of esters is 1. The van der Waals surface area contributed by atoms with Gasteiger partial charge in [0.05, 0.1) is 0 Å². The van der Waals surface area contributed by atoms with Crippen molar-refractivity contribution in [2.45, 2.75) is 15.2 Å². The largest absolute Gasteiger partial charge is 0.456 e. The Labute approximate surface area is 159 Å². The van der Waals surface area contributed by atoms with Crippen LogP contribution in [0.2, 0.25) is 0 Å². The lowest BCUT2D eigenvalue weighted by Gasteiger charge is -2.49. The smallest absolute Gasteiger partial charge is 0.355 e. The summed E-state index contributed by atoms with van der Waals surface area (Å²) in [5.74, 6) is -0.499. The molecule has 2 rings (SSSR count). The molecule has 0 spiro atoms. The average molecular weight is 500 g/mol. The van der Waals surface area contributed by atoms with E-state index in [0.29, 0.717) is 16.6 Å². The second-order valence-electron chi connectivity index (χ2n) is 4.45. The molecular weight excluding hydrogens is 489 g/mol. The Kier molecular flexibility index (Phi) is 6.14. The maximum atomic E-state index is 12.3. The number of ether oxygens (including phenoxy) is 1. The first-order valence-electron chi connectivity index (χ1n) is 5.96. The van der Waals surface area contributed by atoms with Crippen LogP contribution in [0, 0.1) is 0 Å². The van der Waals surface area contributed by atoms with Gasteiger partial charge in [-0.3, -0.25) is 14.5 Å². The van der Waals surface area contributed by atoms with Crippen LogP contribution in [0.4, 0.5) is 0 Å². The van der Waals surface area contributed by atoms with Gasteiger partial charge in [0.25, 0.3) is 5.91 Å². The molecule has 0 aromatic heterocycles.